The highest BCUT2D eigenvalue weighted by Gasteiger charge is 2.36. The van der Waals surface area contributed by atoms with Crippen LogP contribution in [0.25, 0.3) is 31.7 Å². The van der Waals surface area contributed by atoms with E-state index in [-0.39, 0.29) is 0 Å². The highest BCUT2D eigenvalue weighted by Crippen LogP contribution is 2.44. The van der Waals surface area contributed by atoms with Crippen LogP contribution in [-0.2, 0) is 4.65 Å². The molecule has 4 rings (SSSR count). The lowest BCUT2D eigenvalue weighted by atomic mass is 9.82. The molecule has 0 atom stereocenters. The molecular formula is C26H26BO2S. The first-order valence-corrected chi connectivity index (χ1v) is 11.0. The molecule has 0 bridgehead atoms. The van der Waals surface area contributed by atoms with E-state index in [1.165, 1.54) is 31.7 Å². The third kappa shape index (κ3) is 3.96. The molecule has 1 heterocycles. The van der Waals surface area contributed by atoms with Crippen LogP contribution in [0.3, 0.4) is 0 Å². The fraction of sp³-hybridized carbons (Fsp3) is 0.231. The average molecular weight is 413 g/mol. The van der Waals surface area contributed by atoms with Crippen LogP contribution in [0.5, 0.6) is 0 Å². The van der Waals surface area contributed by atoms with Crippen molar-refractivity contribution in [2.75, 3.05) is 0 Å². The summed E-state index contributed by atoms with van der Waals surface area (Å²) in [6, 6.07) is 27.4. The van der Waals surface area contributed by atoms with Crippen LogP contribution < -0.4 is 5.46 Å². The summed E-state index contributed by atoms with van der Waals surface area (Å²) in [5.74, 6) is 0. The molecule has 30 heavy (non-hydrogen) atoms. The van der Waals surface area contributed by atoms with Crippen molar-refractivity contribution in [3.05, 3.63) is 78.9 Å². The third-order valence-electron chi connectivity index (χ3n) is 5.80. The summed E-state index contributed by atoms with van der Waals surface area (Å²) in [6.45, 7) is 7.35. The number of thiophene rings is 1. The summed E-state index contributed by atoms with van der Waals surface area (Å²) >= 11 is 1.78. The van der Waals surface area contributed by atoms with Crippen LogP contribution >= 0.6 is 11.3 Å². The number of fused-ring (bicyclic) bond motifs is 1. The maximum Gasteiger partial charge on any atom is 0.332 e. The van der Waals surface area contributed by atoms with Gasteiger partial charge in [0.25, 0.3) is 0 Å². The van der Waals surface area contributed by atoms with E-state index in [1.807, 2.05) is 26.0 Å². The van der Waals surface area contributed by atoms with Gasteiger partial charge in [-0.25, -0.2) is 0 Å². The second kappa shape index (κ2) is 8.03. The third-order valence-corrected chi connectivity index (χ3v) is 7.10. The van der Waals surface area contributed by atoms with Crippen molar-refractivity contribution < 1.29 is 9.76 Å². The standard InChI is InChI=1S/C26H26BO2S/c1-25(2,28)26(3,4)29-27-21-17-11-16-20-22(18-12-7-5-8-13-18)23(30-24(20)21)19-14-9-6-10-15-19/h5-17,28H,1-4H3. The lowest BCUT2D eigenvalue weighted by Gasteiger charge is -2.37. The van der Waals surface area contributed by atoms with Crippen LogP contribution in [-0.4, -0.2) is 23.8 Å². The molecule has 4 heteroatoms. The molecule has 0 unspecified atom stereocenters. The van der Waals surface area contributed by atoms with Gasteiger partial charge in [-0.2, -0.15) is 0 Å². The lowest BCUT2D eigenvalue weighted by Crippen LogP contribution is -2.49. The molecule has 0 amide bonds. The summed E-state index contributed by atoms with van der Waals surface area (Å²) in [7, 11) is 1.79. The minimum Gasteiger partial charge on any atom is -0.427 e. The van der Waals surface area contributed by atoms with Gasteiger partial charge in [0, 0.05) is 20.5 Å². The highest BCUT2D eigenvalue weighted by molar-refractivity contribution is 7.24. The van der Waals surface area contributed by atoms with Crippen LogP contribution in [0, 0.1) is 0 Å². The molecule has 1 aromatic heterocycles. The van der Waals surface area contributed by atoms with E-state index in [4.69, 9.17) is 4.65 Å². The Hall–Kier alpha value is -2.40. The number of hydrogen-bond acceptors (Lipinski definition) is 3. The molecule has 1 radical (unpaired) electrons. The second-order valence-electron chi connectivity index (χ2n) is 8.57. The molecule has 3 aromatic carbocycles. The van der Waals surface area contributed by atoms with Gasteiger partial charge in [0.1, 0.15) is 0 Å². The smallest absolute Gasteiger partial charge is 0.332 e. The van der Waals surface area contributed by atoms with Gasteiger partial charge < -0.3 is 9.76 Å². The summed E-state index contributed by atoms with van der Waals surface area (Å²) < 4.78 is 7.26. The average Bonchev–Trinajstić information content (AvgIpc) is 3.13. The van der Waals surface area contributed by atoms with Crippen molar-refractivity contribution in [3.63, 3.8) is 0 Å². The van der Waals surface area contributed by atoms with E-state index in [1.54, 1.807) is 32.7 Å². The van der Waals surface area contributed by atoms with Gasteiger partial charge in [0.2, 0.25) is 0 Å². The van der Waals surface area contributed by atoms with Crippen LogP contribution in [0.15, 0.2) is 78.9 Å². The normalized spacial score (nSPS) is 12.3. The van der Waals surface area contributed by atoms with Gasteiger partial charge in [-0.15, -0.1) is 11.3 Å². The Bertz CT molecular complexity index is 1140. The van der Waals surface area contributed by atoms with E-state index in [0.29, 0.717) is 0 Å². The van der Waals surface area contributed by atoms with Gasteiger partial charge >= 0.3 is 7.48 Å². The van der Waals surface area contributed by atoms with Gasteiger partial charge in [-0.1, -0.05) is 78.9 Å². The summed E-state index contributed by atoms with van der Waals surface area (Å²) in [4.78, 5) is 1.25. The molecule has 0 aliphatic rings. The van der Waals surface area contributed by atoms with Crippen LogP contribution in [0.4, 0.5) is 0 Å². The zero-order valence-corrected chi connectivity index (χ0v) is 18.7. The van der Waals surface area contributed by atoms with Crippen molar-refractivity contribution in [1.82, 2.24) is 0 Å². The summed E-state index contributed by atoms with van der Waals surface area (Å²) in [5.41, 5.74) is 3.01. The summed E-state index contributed by atoms with van der Waals surface area (Å²) in [6.07, 6.45) is 0. The maximum absolute atomic E-state index is 10.4. The SMILES string of the molecule is CC(C)(O)C(C)(C)O[B]c1cccc2c(-c3ccccc3)c(-c3ccccc3)sc12. The molecule has 0 saturated heterocycles. The van der Waals surface area contributed by atoms with Gasteiger partial charge in [0.05, 0.1) is 11.2 Å². The second-order valence-corrected chi connectivity index (χ2v) is 9.59. The van der Waals surface area contributed by atoms with Gasteiger partial charge in [-0.05, 0) is 44.3 Å². The molecule has 2 nitrogen and oxygen atoms in total. The van der Waals surface area contributed by atoms with Crippen molar-refractivity contribution in [1.29, 1.82) is 0 Å². The van der Waals surface area contributed by atoms with Crippen molar-refractivity contribution in [2.45, 2.75) is 38.9 Å². The Labute approximate surface area is 183 Å². The number of rotatable bonds is 6. The molecular weight excluding hydrogens is 387 g/mol. The molecule has 151 valence electrons. The van der Waals surface area contributed by atoms with Crippen molar-refractivity contribution >= 4 is 34.4 Å². The first kappa shape index (κ1) is 20.9. The van der Waals surface area contributed by atoms with Crippen molar-refractivity contribution in [2.24, 2.45) is 0 Å². The van der Waals surface area contributed by atoms with E-state index in [9.17, 15) is 5.11 Å². The maximum atomic E-state index is 10.4. The Morgan fingerprint density at radius 2 is 1.37 bits per heavy atom. The van der Waals surface area contributed by atoms with Crippen LogP contribution in [0.1, 0.15) is 27.7 Å². The Morgan fingerprint density at radius 3 is 1.97 bits per heavy atom. The molecule has 4 aromatic rings. The van der Waals surface area contributed by atoms with E-state index in [0.717, 1.165) is 5.46 Å². The quantitative estimate of drug-likeness (QED) is 0.390. The number of aliphatic hydroxyl groups is 1. The van der Waals surface area contributed by atoms with E-state index < -0.39 is 11.2 Å². The topological polar surface area (TPSA) is 29.5 Å². The van der Waals surface area contributed by atoms with Crippen LogP contribution in [0.2, 0.25) is 0 Å². The fourth-order valence-electron chi connectivity index (χ4n) is 3.27. The molecule has 0 fully saturated rings. The predicted molar refractivity (Wildman–Crippen MR) is 130 cm³/mol. The van der Waals surface area contributed by atoms with Crippen molar-refractivity contribution in [3.8, 4) is 21.6 Å². The predicted octanol–water partition coefficient (Wildman–Crippen LogP) is 6.05. The largest absolute Gasteiger partial charge is 0.427 e. The Morgan fingerprint density at radius 1 is 0.767 bits per heavy atom. The molecule has 0 aliphatic heterocycles. The zero-order valence-electron chi connectivity index (χ0n) is 17.8. The molecule has 1 N–H and O–H groups in total. The minimum absolute atomic E-state index is 0.711. The summed E-state index contributed by atoms with van der Waals surface area (Å²) in [5, 5.41) is 11.7. The highest BCUT2D eigenvalue weighted by atomic mass is 32.1. The number of hydrogen-bond donors (Lipinski definition) is 1. The first-order chi connectivity index (χ1) is 14.3. The molecule has 0 saturated carbocycles. The molecule has 0 spiro atoms. The zero-order chi connectivity index (χ0) is 21.4. The Balaban J connectivity index is 1.85. The first-order valence-electron chi connectivity index (χ1n) is 10.2. The van der Waals surface area contributed by atoms with E-state index >= 15 is 0 Å². The Kier molecular flexibility index (Phi) is 5.58. The fourth-order valence-corrected chi connectivity index (χ4v) is 4.58. The lowest BCUT2D eigenvalue weighted by molar-refractivity contribution is -0.0893. The minimum atomic E-state index is -0.961. The van der Waals surface area contributed by atoms with Gasteiger partial charge in [0.15, 0.2) is 0 Å². The van der Waals surface area contributed by atoms with E-state index in [2.05, 4.69) is 66.7 Å². The number of benzene rings is 3. The monoisotopic (exact) mass is 413 g/mol. The van der Waals surface area contributed by atoms with Gasteiger partial charge in [-0.3, -0.25) is 0 Å². The molecule has 0 aliphatic carbocycles.